The normalized spacial score (nSPS) is 12.6. The molecule has 0 radical (unpaired) electrons. The van der Waals surface area contributed by atoms with Gasteiger partial charge in [-0.1, -0.05) is 69.3 Å². The zero-order valence-electron chi connectivity index (χ0n) is 27.7. The topological polar surface area (TPSA) is 112 Å². The largest absolute Gasteiger partial charge is 0.444 e. The summed E-state index contributed by atoms with van der Waals surface area (Å²) in [7, 11) is 3.97. The van der Waals surface area contributed by atoms with Crippen LogP contribution in [0.3, 0.4) is 0 Å². The summed E-state index contributed by atoms with van der Waals surface area (Å²) in [5.74, 6) is -0.517. The number of ether oxygens (including phenoxy) is 1. The number of likely N-dealkylation sites (N-methyl/N-ethyl adjacent to an activating group) is 1. The lowest BCUT2D eigenvalue weighted by Gasteiger charge is -2.22. The third kappa shape index (κ3) is 11.9. The van der Waals surface area contributed by atoms with Gasteiger partial charge in [-0.05, 0) is 87.3 Å². The van der Waals surface area contributed by atoms with Crippen LogP contribution in [-0.4, -0.2) is 55.6 Å². The van der Waals surface area contributed by atoms with Gasteiger partial charge >= 0.3 is 6.09 Å². The van der Waals surface area contributed by atoms with Crippen molar-refractivity contribution in [3.8, 4) is 0 Å². The highest BCUT2D eigenvalue weighted by atomic mass is 16.6. The van der Waals surface area contributed by atoms with Crippen LogP contribution in [0.4, 0.5) is 21.9 Å². The molecule has 0 heterocycles. The van der Waals surface area contributed by atoms with Gasteiger partial charge in [-0.25, -0.2) is 4.79 Å². The van der Waals surface area contributed by atoms with Crippen molar-refractivity contribution >= 4 is 41.0 Å². The molecule has 0 saturated heterocycles. The number of nitrogens with one attached hydrogen (secondary N) is 4. The predicted molar refractivity (Wildman–Crippen MR) is 183 cm³/mol. The summed E-state index contributed by atoms with van der Waals surface area (Å²) >= 11 is 0. The van der Waals surface area contributed by atoms with E-state index < -0.39 is 17.7 Å². The Morgan fingerprint density at radius 1 is 0.800 bits per heavy atom. The van der Waals surface area contributed by atoms with Crippen LogP contribution in [0.25, 0.3) is 6.08 Å². The van der Waals surface area contributed by atoms with E-state index in [2.05, 4.69) is 46.9 Å². The van der Waals surface area contributed by atoms with Crippen molar-refractivity contribution in [1.82, 2.24) is 10.2 Å². The summed E-state index contributed by atoms with van der Waals surface area (Å²) in [4.78, 5) is 40.4. The molecule has 1 atom stereocenters. The molecule has 3 amide bonds. The minimum atomic E-state index is -0.648. The average Bonchev–Trinajstić information content (AvgIpc) is 2.94. The zero-order chi connectivity index (χ0) is 33.2. The second-order valence-corrected chi connectivity index (χ2v) is 13.2. The van der Waals surface area contributed by atoms with Crippen LogP contribution >= 0.6 is 0 Å². The third-order valence-corrected chi connectivity index (χ3v) is 6.71. The number of hydrogen-bond donors (Lipinski definition) is 4. The van der Waals surface area contributed by atoms with Crippen molar-refractivity contribution in [2.75, 3.05) is 43.1 Å². The summed E-state index contributed by atoms with van der Waals surface area (Å²) in [6.45, 7) is 13.2. The minimum Gasteiger partial charge on any atom is -0.444 e. The molecule has 9 nitrogen and oxygen atoms in total. The Morgan fingerprint density at radius 3 is 1.96 bits per heavy atom. The lowest BCUT2D eigenvalue weighted by atomic mass is 9.87. The van der Waals surface area contributed by atoms with Crippen LogP contribution in [0.1, 0.15) is 64.3 Å². The van der Waals surface area contributed by atoms with E-state index in [0.717, 1.165) is 23.4 Å². The fourth-order valence-corrected chi connectivity index (χ4v) is 4.32. The van der Waals surface area contributed by atoms with Crippen LogP contribution in [0.15, 0.2) is 78.9 Å². The Balaban J connectivity index is 1.68. The van der Waals surface area contributed by atoms with E-state index in [-0.39, 0.29) is 17.2 Å². The Kier molecular flexibility index (Phi) is 12.1. The second-order valence-electron chi connectivity index (χ2n) is 13.2. The van der Waals surface area contributed by atoms with Gasteiger partial charge in [0.1, 0.15) is 11.6 Å². The molecular formula is C36H47N5O4. The van der Waals surface area contributed by atoms with Crippen LogP contribution in [-0.2, 0) is 19.7 Å². The van der Waals surface area contributed by atoms with Gasteiger partial charge in [-0.2, -0.15) is 0 Å². The van der Waals surface area contributed by atoms with Gasteiger partial charge in [0, 0.05) is 24.9 Å². The van der Waals surface area contributed by atoms with Crippen LogP contribution in [0.5, 0.6) is 0 Å². The van der Waals surface area contributed by atoms with Gasteiger partial charge in [-0.15, -0.1) is 0 Å². The average molecular weight is 614 g/mol. The molecule has 4 N–H and O–H groups in total. The molecule has 45 heavy (non-hydrogen) atoms. The molecule has 3 aromatic carbocycles. The number of benzene rings is 3. The third-order valence-electron chi connectivity index (χ3n) is 6.71. The molecule has 0 saturated carbocycles. The Hall–Kier alpha value is -4.47. The lowest BCUT2D eigenvalue weighted by Crippen LogP contribution is -2.36. The molecule has 240 valence electrons. The number of nitrogens with zero attached hydrogens (tertiary/aromatic N) is 1. The molecule has 0 spiro atoms. The first kappa shape index (κ1) is 35.0. The Labute approximate surface area is 267 Å². The van der Waals surface area contributed by atoms with Crippen molar-refractivity contribution in [3.63, 3.8) is 0 Å². The van der Waals surface area contributed by atoms with Crippen LogP contribution in [0.2, 0.25) is 0 Å². The molecule has 0 fully saturated rings. The molecule has 9 heteroatoms. The minimum absolute atomic E-state index is 0.0269. The molecule has 3 rings (SSSR count). The summed E-state index contributed by atoms with van der Waals surface area (Å²) in [6.07, 6.45) is 2.50. The van der Waals surface area contributed by atoms with E-state index >= 15 is 0 Å². The number of rotatable bonds is 11. The van der Waals surface area contributed by atoms with Gasteiger partial charge in [0.05, 0.1) is 11.4 Å². The molecule has 0 bridgehead atoms. The maximum Gasteiger partial charge on any atom is 0.412 e. The molecular weight excluding hydrogens is 566 g/mol. The van der Waals surface area contributed by atoms with Crippen molar-refractivity contribution in [2.24, 2.45) is 0 Å². The van der Waals surface area contributed by atoms with E-state index in [4.69, 9.17) is 4.74 Å². The van der Waals surface area contributed by atoms with E-state index in [1.807, 2.05) is 62.6 Å². The first-order chi connectivity index (χ1) is 21.1. The van der Waals surface area contributed by atoms with Gasteiger partial charge in [0.15, 0.2) is 0 Å². The number of carbonyl (C=O) groups excluding carboxylic acids is 3. The van der Waals surface area contributed by atoms with Crippen molar-refractivity contribution < 1.29 is 19.1 Å². The standard InChI is InChI=1S/C36H47N5O4/c1-35(2,3)27-18-20-28(21-19-27)38-33(43)32(37-23-24-41(7)8)26-16-13-25(14-17-26)15-22-31(42)39-29-11-9-10-12-30(29)40-34(44)45-36(4,5)6/h9-22,32,37H,23-24H2,1-8H3,(H,38,43)(H,39,42)(H,40,44). The first-order valence-corrected chi connectivity index (χ1v) is 15.1. The fourth-order valence-electron chi connectivity index (χ4n) is 4.32. The van der Waals surface area contributed by atoms with Gasteiger partial charge in [0.25, 0.3) is 0 Å². The molecule has 0 aromatic heterocycles. The van der Waals surface area contributed by atoms with Crippen molar-refractivity contribution in [1.29, 1.82) is 0 Å². The van der Waals surface area contributed by atoms with Gasteiger partial charge < -0.3 is 25.6 Å². The molecule has 3 aromatic rings. The van der Waals surface area contributed by atoms with E-state index in [9.17, 15) is 14.4 Å². The fraction of sp³-hybridized carbons (Fsp3) is 0.361. The Bertz CT molecular complexity index is 1470. The first-order valence-electron chi connectivity index (χ1n) is 15.1. The lowest BCUT2D eigenvalue weighted by molar-refractivity contribution is -0.118. The van der Waals surface area contributed by atoms with Gasteiger partial charge in [0.2, 0.25) is 11.8 Å². The maximum atomic E-state index is 13.4. The molecule has 0 aliphatic heterocycles. The monoisotopic (exact) mass is 613 g/mol. The SMILES string of the molecule is CN(C)CCNC(C(=O)Nc1ccc(C(C)(C)C)cc1)c1ccc(C=CC(=O)Nc2ccccc2NC(=O)OC(C)(C)C)cc1. The summed E-state index contributed by atoms with van der Waals surface area (Å²) in [5, 5.41) is 11.9. The summed E-state index contributed by atoms with van der Waals surface area (Å²) in [5.41, 5.74) is 3.78. The van der Waals surface area contributed by atoms with Crippen LogP contribution in [0, 0.1) is 0 Å². The number of amides is 3. The number of hydrogen-bond acceptors (Lipinski definition) is 6. The summed E-state index contributed by atoms with van der Waals surface area (Å²) in [6, 6.07) is 21.8. The highest BCUT2D eigenvalue weighted by Gasteiger charge is 2.21. The zero-order valence-corrected chi connectivity index (χ0v) is 27.7. The number of carbonyl (C=O) groups is 3. The highest BCUT2D eigenvalue weighted by Crippen LogP contribution is 2.25. The van der Waals surface area contributed by atoms with Crippen molar-refractivity contribution in [3.05, 3.63) is 95.6 Å². The van der Waals surface area contributed by atoms with Crippen LogP contribution < -0.4 is 21.3 Å². The second kappa shape index (κ2) is 15.5. The van der Waals surface area contributed by atoms with E-state index in [1.165, 1.54) is 11.6 Å². The quantitative estimate of drug-likeness (QED) is 0.177. The molecule has 0 aliphatic rings. The smallest absolute Gasteiger partial charge is 0.412 e. The number of anilines is 3. The van der Waals surface area contributed by atoms with Crippen molar-refractivity contribution in [2.45, 2.75) is 58.6 Å². The van der Waals surface area contributed by atoms with E-state index in [0.29, 0.717) is 17.9 Å². The number of para-hydroxylation sites is 2. The van der Waals surface area contributed by atoms with Gasteiger partial charge in [-0.3, -0.25) is 14.9 Å². The molecule has 0 aliphatic carbocycles. The highest BCUT2D eigenvalue weighted by molar-refractivity contribution is 6.05. The Morgan fingerprint density at radius 2 is 1.40 bits per heavy atom. The predicted octanol–water partition coefficient (Wildman–Crippen LogP) is 6.81. The summed E-state index contributed by atoms with van der Waals surface area (Å²) < 4.78 is 5.32. The maximum absolute atomic E-state index is 13.4. The van der Waals surface area contributed by atoms with E-state index in [1.54, 1.807) is 51.1 Å². The molecule has 1 unspecified atom stereocenters.